The van der Waals surface area contributed by atoms with Crippen LogP contribution in [0.2, 0.25) is 0 Å². The number of likely N-dealkylation sites (tertiary alicyclic amines) is 1. The number of hydrogen-bond acceptors (Lipinski definition) is 3. The summed E-state index contributed by atoms with van der Waals surface area (Å²) >= 11 is 0. The van der Waals surface area contributed by atoms with Crippen LogP contribution in [0.3, 0.4) is 0 Å². The number of rotatable bonds is 5. The van der Waals surface area contributed by atoms with Crippen LogP contribution in [0.1, 0.15) is 52.1 Å². The van der Waals surface area contributed by atoms with Gasteiger partial charge < -0.3 is 10.5 Å². The van der Waals surface area contributed by atoms with Gasteiger partial charge in [-0.15, -0.1) is 0 Å². The first-order chi connectivity index (χ1) is 9.41. The van der Waals surface area contributed by atoms with E-state index < -0.39 is 0 Å². The van der Waals surface area contributed by atoms with Gasteiger partial charge in [-0.25, -0.2) is 0 Å². The lowest BCUT2D eigenvalue weighted by molar-refractivity contribution is 0.124. The summed E-state index contributed by atoms with van der Waals surface area (Å²) in [5.41, 5.74) is 7.69. The first-order valence-corrected chi connectivity index (χ1v) is 7.68. The summed E-state index contributed by atoms with van der Waals surface area (Å²) in [6.45, 7) is 10.9. The number of hydrogen-bond donors (Lipinski definition) is 1. The SMILES string of the molecule is CC(C)Oc1cccc(C(N)C(C)(C)N2CCCC2)c1. The fourth-order valence-electron chi connectivity index (χ4n) is 2.95. The maximum absolute atomic E-state index is 6.56. The summed E-state index contributed by atoms with van der Waals surface area (Å²) in [6.07, 6.45) is 2.76. The van der Waals surface area contributed by atoms with Gasteiger partial charge in [0.1, 0.15) is 5.75 Å². The van der Waals surface area contributed by atoms with E-state index in [2.05, 4.69) is 30.9 Å². The minimum Gasteiger partial charge on any atom is -0.491 e. The van der Waals surface area contributed by atoms with Crippen LogP contribution >= 0.6 is 0 Å². The lowest BCUT2D eigenvalue weighted by Gasteiger charge is -2.40. The van der Waals surface area contributed by atoms with Gasteiger partial charge in [-0.2, -0.15) is 0 Å². The fraction of sp³-hybridized carbons (Fsp3) is 0.647. The second-order valence-corrected chi connectivity index (χ2v) is 6.56. The quantitative estimate of drug-likeness (QED) is 0.896. The molecule has 0 radical (unpaired) electrons. The van der Waals surface area contributed by atoms with Gasteiger partial charge >= 0.3 is 0 Å². The van der Waals surface area contributed by atoms with E-state index in [9.17, 15) is 0 Å². The van der Waals surface area contributed by atoms with Gasteiger partial charge in [0.15, 0.2) is 0 Å². The van der Waals surface area contributed by atoms with Crippen molar-refractivity contribution in [3.63, 3.8) is 0 Å². The molecule has 2 N–H and O–H groups in total. The van der Waals surface area contributed by atoms with Crippen molar-refractivity contribution in [3.05, 3.63) is 29.8 Å². The van der Waals surface area contributed by atoms with Crippen molar-refractivity contribution < 1.29 is 4.74 Å². The van der Waals surface area contributed by atoms with E-state index in [-0.39, 0.29) is 17.7 Å². The normalized spacial score (nSPS) is 18.5. The molecule has 3 heteroatoms. The Morgan fingerprint density at radius 3 is 2.45 bits per heavy atom. The zero-order valence-corrected chi connectivity index (χ0v) is 13.2. The number of nitrogens with zero attached hydrogens (tertiary/aromatic N) is 1. The Balaban J connectivity index is 2.17. The van der Waals surface area contributed by atoms with E-state index in [0.717, 1.165) is 24.4 Å². The first kappa shape index (κ1) is 15.3. The van der Waals surface area contributed by atoms with Crippen molar-refractivity contribution in [3.8, 4) is 5.75 Å². The highest BCUT2D eigenvalue weighted by Crippen LogP contribution is 2.33. The Kier molecular flexibility index (Phi) is 4.71. The van der Waals surface area contributed by atoms with Crippen LogP contribution in [0.4, 0.5) is 0 Å². The van der Waals surface area contributed by atoms with Gasteiger partial charge in [0.05, 0.1) is 6.10 Å². The summed E-state index contributed by atoms with van der Waals surface area (Å²) in [7, 11) is 0. The van der Waals surface area contributed by atoms with Crippen LogP contribution in [0.25, 0.3) is 0 Å². The molecule has 3 nitrogen and oxygen atoms in total. The third-order valence-corrected chi connectivity index (χ3v) is 4.27. The number of benzene rings is 1. The highest BCUT2D eigenvalue weighted by Gasteiger charge is 2.35. The average molecular weight is 276 g/mol. The smallest absolute Gasteiger partial charge is 0.120 e. The van der Waals surface area contributed by atoms with E-state index in [1.54, 1.807) is 0 Å². The average Bonchev–Trinajstić information content (AvgIpc) is 2.92. The topological polar surface area (TPSA) is 38.5 Å². The molecule has 1 aliphatic heterocycles. The molecule has 1 aromatic carbocycles. The third-order valence-electron chi connectivity index (χ3n) is 4.27. The standard InChI is InChI=1S/C17H28N2O/c1-13(2)20-15-9-7-8-14(12-15)16(18)17(3,4)19-10-5-6-11-19/h7-9,12-13,16H,5-6,10-11,18H2,1-4H3. The Bertz CT molecular complexity index is 436. The van der Waals surface area contributed by atoms with E-state index in [0.29, 0.717) is 0 Å². The van der Waals surface area contributed by atoms with Crippen LogP contribution in [0, 0.1) is 0 Å². The van der Waals surface area contributed by atoms with Crippen LogP contribution in [0.15, 0.2) is 24.3 Å². The molecule has 1 atom stereocenters. The van der Waals surface area contributed by atoms with Crippen molar-refractivity contribution in [2.75, 3.05) is 13.1 Å². The molecule has 112 valence electrons. The highest BCUT2D eigenvalue weighted by atomic mass is 16.5. The predicted octanol–water partition coefficient (Wildman–Crippen LogP) is 3.35. The minimum atomic E-state index is -0.0209. The van der Waals surface area contributed by atoms with E-state index in [4.69, 9.17) is 10.5 Å². The lowest BCUT2D eigenvalue weighted by atomic mass is 9.88. The van der Waals surface area contributed by atoms with Crippen molar-refractivity contribution in [2.45, 2.75) is 58.2 Å². The zero-order chi connectivity index (χ0) is 14.8. The molecule has 20 heavy (non-hydrogen) atoms. The molecule has 0 bridgehead atoms. The minimum absolute atomic E-state index is 0.00341. The lowest BCUT2D eigenvalue weighted by Crippen LogP contribution is -2.49. The molecule has 0 saturated carbocycles. The molecule has 1 aliphatic rings. The Morgan fingerprint density at radius 1 is 1.20 bits per heavy atom. The molecule has 1 unspecified atom stereocenters. The second-order valence-electron chi connectivity index (χ2n) is 6.56. The van der Waals surface area contributed by atoms with E-state index in [1.807, 2.05) is 26.0 Å². The molecule has 0 amide bonds. The molecule has 1 fully saturated rings. The highest BCUT2D eigenvalue weighted by molar-refractivity contribution is 5.32. The number of ether oxygens (including phenoxy) is 1. The zero-order valence-electron chi connectivity index (χ0n) is 13.2. The van der Waals surface area contributed by atoms with Crippen LogP contribution in [-0.2, 0) is 0 Å². The van der Waals surface area contributed by atoms with Gasteiger partial charge in [0.2, 0.25) is 0 Å². The molecule has 1 saturated heterocycles. The fourth-order valence-corrected chi connectivity index (χ4v) is 2.95. The molecular weight excluding hydrogens is 248 g/mol. The first-order valence-electron chi connectivity index (χ1n) is 7.68. The van der Waals surface area contributed by atoms with Gasteiger partial charge in [-0.05, 0) is 71.3 Å². The van der Waals surface area contributed by atoms with Crippen LogP contribution < -0.4 is 10.5 Å². The van der Waals surface area contributed by atoms with Crippen LogP contribution in [-0.4, -0.2) is 29.6 Å². The molecular formula is C17H28N2O. The molecule has 2 rings (SSSR count). The van der Waals surface area contributed by atoms with Gasteiger partial charge in [0, 0.05) is 11.6 Å². The molecule has 1 aromatic rings. The summed E-state index contributed by atoms with van der Waals surface area (Å²) < 4.78 is 5.77. The Hall–Kier alpha value is -1.06. The molecule has 1 heterocycles. The largest absolute Gasteiger partial charge is 0.491 e. The Morgan fingerprint density at radius 2 is 1.85 bits per heavy atom. The van der Waals surface area contributed by atoms with Gasteiger partial charge in [-0.1, -0.05) is 12.1 Å². The Labute approximate surface area is 123 Å². The van der Waals surface area contributed by atoms with Gasteiger partial charge in [-0.3, -0.25) is 4.90 Å². The summed E-state index contributed by atoms with van der Waals surface area (Å²) in [4.78, 5) is 2.51. The van der Waals surface area contributed by atoms with E-state index >= 15 is 0 Å². The van der Waals surface area contributed by atoms with E-state index in [1.165, 1.54) is 12.8 Å². The molecule has 0 spiro atoms. The molecule has 0 aliphatic carbocycles. The molecule has 0 aromatic heterocycles. The van der Waals surface area contributed by atoms with Crippen molar-refractivity contribution in [1.29, 1.82) is 0 Å². The maximum Gasteiger partial charge on any atom is 0.120 e. The van der Waals surface area contributed by atoms with Gasteiger partial charge in [0.25, 0.3) is 0 Å². The summed E-state index contributed by atoms with van der Waals surface area (Å²) in [6, 6.07) is 8.22. The van der Waals surface area contributed by atoms with Crippen molar-refractivity contribution >= 4 is 0 Å². The van der Waals surface area contributed by atoms with Crippen molar-refractivity contribution in [1.82, 2.24) is 4.90 Å². The monoisotopic (exact) mass is 276 g/mol. The summed E-state index contributed by atoms with van der Waals surface area (Å²) in [5, 5.41) is 0. The second kappa shape index (κ2) is 6.15. The van der Waals surface area contributed by atoms with Crippen LogP contribution in [0.5, 0.6) is 5.75 Å². The summed E-state index contributed by atoms with van der Waals surface area (Å²) in [5.74, 6) is 0.908. The maximum atomic E-state index is 6.56. The predicted molar refractivity (Wildman–Crippen MR) is 84.0 cm³/mol. The number of nitrogens with two attached hydrogens (primary N) is 1. The van der Waals surface area contributed by atoms with Crippen molar-refractivity contribution in [2.24, 2.45) is 5.73 Å². The third kappa shape index (κ3) is 3.33.